The van der Waals surface area contributed by atoms with E-state index >= 15 is 0 Å². The van der Waals surface area contributed by atoms with E-state index in [-0.39, 0.29) is 5.57 Å². The van der Waals surface area contributed by atoms with Crippen LogP contribution in [0.5, 0.6) is 23.0 Å². The minimum absolute atomic E-state index is 0.0609. The highest BCUT2D eigenvalue weighted by Crippen LogP contribution is 2.24. The van der Waals surface area contributed by atoms with Crippen LogP contribution in [0.1, 0.15) is 0 Å². The Hall–Kier alpha value is -5.02. The molecule has 4 aromatic rings. The number of nitrogens with zero attached hydrogens (tertiary/aromatic N) is 1. The van der Waals surface area contributed by atoms with Gasteiger partial charge in [0, 0.05) is 17.6 Å². The second-order valence-corrected chi connectivity index (χ2v) is 7.15. The van der Waals surface area contributed by atoms with E-state index in [1.807, 2.05) is 66.7 Å². The summed E-state index contributed by atoms with van der Waals surface area (Å²) in [6.45, 7) is 0. The summed E-state index contributed by atoms with van der Waals surface area (Å²) in [6.07, 6.45) is 1.37. The minimum Gasteiger partial charge on any atom is -0.457 e. The van der Waals surface area contributed by atoms with E-state index in [0.29, 0.717) is 22.9 Å². The molecule has 0 unspecified atom stereocenters. The first-order chi connectivity index (χ1) is 16.7. The lowest BCUT2D eigenvalue weighted by Gasteiger charge is -2.08. The molecule has 0 saturated carbocycles. The number of para-hydroxylation sites is 2. The van der Waals surface area contributed by atoms with Crippen LogP contribution in [-0.4, -0.2) is 5.91 Å². The Morgan fingerprint density at radius 2 is 1.09 bits per heavy atom. The molecular formula is C28H21N3O3. The number of anilines is 2. The van der Waals surface area contributed by atoms with Gasteiger partial charge in [0.05, 0.1) is 0 Å². The van der Waals surface area contributed by atoms with Crippen molar-refractivity contribution < 1.29 is 14.3 Å². The first-order valence-electron chi connectivity index (χ1n) is 10.5. The van der Waals surface area contributed by atoms with Crippen LogP contribution in [-0.2, 0) is 4.79 Å². The number of hydrogen-bond acceptors (Lipinski definition) is 5. The molecule has 166 valence electrons. The Labute approximate surface area is 197 Å². The van der Waals surface area contributed by atoms with Gasteiger partial charge in [-0.15, -0.1) is 0 Å². The molecule has 0 aliphatic heterocycles. The lowest BCUT2D eigenvalue weighted by Crippen LogP contribution is -2.14. The van der Waals surface area contributed by atoms with Crippen molar-refractivity contribution in [3.05, 3.63) is 121 Å². The highest BCUT2D eigenvalue weighted by atomic mass is 16.5. The van der Waals surface area contributed by atoms with E-state index in [0.717, 1.165) is 11.5 Å². The van der Waals surface area contributed by atoms with Crippen molar-refractivity contribution >= 4 is 17.3 Å². The molecule has 0 radical (unpaired) electrons. The molecule has 0 aromatic heterocycles. The summed E-state index contributed by atoms with van der Waals surface area (Å²) in [5, 5.41) is 15.1. The molecule has 0 heterocycles. The lowest BCUT2D eigenvalue weighted by molar-refractivity contribution is -0.112. The Kier molecular flexibility index (Phi) is 7.19. The number of amides is 1. The first-order valence-corrected chi connectivity index (χ1v) is 10.5. The van der Waals surface area contributed by atoms with Crippen molar-refractivity contribution in [2.75, 3.05) is 10.6 Å². The highest BCUT2D eigenvalue weighted by Gasteiger charge is 2.10. The molecule has 4 rings (SSSR count). The van der Waals surface area contributed by atoms with E-state index in [2.05, 4.69) is 10.6 Å². The van der Waals surface area contributed by atoms with Crippen molar-refractivity contribution in [2.45, 2.75) is 0 Å². The third-order valence-corrected chi connectivity index (χ3v) is 4.67. The number of hydrogen-bond donors (Lipinski definition) is 2. The minimum atomic E-state index is -0.518. The standard InChI is InChI=1S/C28H21N3O3/c29-19-21(20-30-22-11-15-26(16-12-22)33-24-7-3-1-4-8-24)28(32)31-23-13-17-27(18-14-23)34-25-9-5-2-6-10-25/h1-18,20,30H,(H,31,32)/b21-20-. The average Bonchev–Trinajstić information content (AvgIpc) is 2.88. The fraction of sp³-hybridized carbons (Fsp3) is 0. The van der Waals surface area contributed by atoms with Gasteiger partial charge in [-0.2, -0.15) is 5.26 Å². The highest BCUT2D eigenvalue weighted by molar-refractivity contribution is 6.06. The zero-order chi connectivity index (χ0) is 23.6. The number of carbonyl (C=O) groups excluding carboxylic acids is 1. The SMILES string of the molecule is N#C/C(=C/Nc1ccc(Oc2ccccc2)cc1)C(=O)Nc1ccc(Oc2ccccc2)cc1. The summed E-state index contributed by atoms with van der Waals surface area (Å²) in [6, 6.07) is 34.9. The number of nitriles is 1. The molecule has 0 saturated heterocycles. The molecule has 4 aromatic carbocycles. The van der Waals surface area contributed by atoms with Gasteiger partial charge in [0.1, 0.15) is 34.6 Å². The van der Waals surface area contributed by atoms with Gasteiger partial charge in [-0.05, 0) is 72.8 Å². The second-order valence-electron chi connectivity index (χ2n) is 7.15. The largest absolute Gasteiger partial charge is 0.457 e. The molecule has 0 spiro atoms. The van der Waals surface area contributed by atoms with Crippen LogP contribution in [0.25, 0.3) is 0 Å². The number of nitrogens with one attached hydrogen (secondary N) is 2. The molecular weight excluding hydrogens is 426 g/mol. The zero-order valence-electron chi connectivity index (χ0n) is 18.1. The van der Waals surface area contributed by atoms with Crippen LogP contribution in [0.4, 0.5) is 11.4 Å². The van der Waals surface area contributed by atoms with Crippen molar-refractivity contribution in [3.63, 3.8) is 0 Å². The average molecular weight is 447 g/mol. The van der Waals surface area contributed by atoms with Crippen LogP contribution in [0, 0.1) is 11.3 Å². The number of carbonyl (C=O) groups is 1. The Balaban J connectivity index is 1.33. The van der Waals surface area contributed by atoms with Gasteiger partial charge in [0.2, 0.25) is 0 Å². The van der Waals surface area contributed by atoms with Crippen molar-refractivity contribution in [1.29, 1.82) is 5.26 Å². The maximum absolute atomic E-state index is 12.5. The predicted molar refractivity (Wildman–Crippen MR) is 132 cm³/mol. The van der Waals surface area contributed by atoms with Crippen LogP contribution in [0.3, 0.4) is 0 Å². The fourth-order valence-corrected chi connectivity index (χ4v) is 2.98. The number of rotatable bonds is 8. The zero-order valence-corrected chi connectivity index (χ0v) is 18.1. The third kappa shape index (κ3) is 6.25. The maximum Gasteiger partial charge on any atom is 0.267 e. The number of benzene rings is 4. The van der Waals surface area contributed by atoms with Gasteiger partial charge < -0.3 is 20.1 Å². The van der Waals surface area contributed by atoms with E-state index in [4.69, 9.17) is 9.47 Å². The quantitative estimate of drug-likeness (QED) is 0.231. The fourth-order valence-electron chi connectivity index (χ4n) is 2.98. The van der Waals surface area contributed by atoms with E-state index in [1.165, 1.54) is 6.20 Å². The maximum atomic E-state index is 12.5. The van der Waals surface area contributed by atoms with Gasteiger partial charge in [-0.25, -0.2) is 0 Å². The van der Waals surface area contributed by atoms with Crippen LogP contribution in [0.2, 0.25) is 0 Å². The molecule has 0 aliphatic carbocycles. The summed E-state index contributed by atoms with van der Waals surface area (Å²) in [7, 11) is 0. The van der Waals surface area contributed by atoms with Gasteiger partial charge in [-0.1, -0.05) is 36.4 Å². The Bertz CT molecular complexity index is 1300. The molecule has 1 amide bonds. The van der Waals surface area contributed by atoms with E-state index in [9.17, 15) is 10.1 Å². The van der Waals surface area contributed by atoms with E-state index in [1.54, 1.807) is 48.5 Å². The Morgan fingerprint density at radius 3 is 1.56 bits per heavy atom. The second kappa shape index (κ2) is 11.0. The number of ether oxygens (including phenoxy) is 2. The summed E-state index contributed by atoms with van der Waals surface area (Å²) in [5.41, 5.74) is 1.20. The molecule has 6 heteroatoms. The van der Waals surface area contributed by atoms with Crippen molar-refractivity contribution in [1.82, 2.24) is 0 Å². The predicted octanol–water partition coefficient (Wildman–Crippen LogP) is 6.73. The summed E-state index contributed by atoms with van der Waals surface area (Å²) in [4.78, 5) is 12.5. The molecule has 0 bridgehead atoms. The van der Waals surface area contributed by atoms with Gasteiger partial charge >= 0.3 is 0 Å². The van der Waals surface area contributed by atoms with Gasteiger partial charge in [0.15, 0.2) is 0 Å². The molecule has 6 nitrogen and oxygen atoms in total. The van der Waals surface area contributed by atoms with Crippen LogP contribution < -0.4 is 20.1 Å². The van der Waals surface area contributed by atoms with Gasteiger partial charge in [-0.3, -0.25) is 4.79 Å². The summed E-state index contributed by atoms with van der Waals surface area (Å²) in [5.74, 6) is 2.27. The lowest BCUT2D eigenvalue weighted by atomic mass is 10.2. The molecule has 0 aliphatic rings. The summed E-state index contributed by atoms with van der Waals surface area (Å²) < 4.78 is 11.5. The normalized spacial score (nSPS) is 10.6. The molecule has 34 heavy (non-hydrogen) atoms. The van der Waals surface area contributed by atoms with Crippen LogP contribution >= 0.6 is 0 Å². The monoisotopic (exact) mass is 447 g/mol. The van der Waals surface area contributed by atoms with Crippen molar-refractivity contribution in [2.24, 2.45) is 0 Å². The third-order valence-electron chi connectivity index (χ3n) is 4.67. The van der Waals surface area contributed by atoms with E-state index < -0.39 is 5.91 Å². The van der Waals surface area contributed by atoms with Gasteiger partial charge in [0.25, 0.3) is 5.91 Å². The van der Waals surface area contributed by atoms with Crippen LogP contribution in [0.15, 0.2) is 121 Å². The molecule has 0 atom stereocenters. The van der Waals surface area contributed by atoms with Crippen molar-refractivity contribution in [3.8, 4) is 29.1 Å². The summed E-state index contributed by atoms with van der Waals surface area (Å²) >= 11 is 0. The topological polar surface area (TPSA) is 83.4 Å². The Morgan fingerprint density at radius 1 is 0.647 bits per heavy atom. The molecule has 2 N–H and O–H groups in total. The first kappa shape index (κ1) is 22.2. The smallest absolute Gasteiger partial charge is 0.267 e. The molecule has 0 fully saturated rings.